The van der Waals surface area contributed by atoms with Crippen molar-refractivity contribution in [2.75, 3.05) is 5.32 Å². The Bertz CT molecular complexity index is 674. The van der Waals surface area contributed by atoms with E-state index in [0.717, 1.165) is 11.3 Å². The molecule has 0 radical (unpaired) electrons. The topological polar surface area (TPSA) is 46.9 Å². The largest absolute Gasteiger partial charge is 0.307 e. The zero-order valence-corrected chi connectivity index (χ0v) is 13.1. The standard InChI is InChI=1S/C16H18ClN3O/c1-11(2)20-15(10-12(3)19-20)18-16(21)9-8-13-6-4-5-7-14(13)17/h4-11H,1-3H3,(H,18,21). The van der Waals surface area contributed by atoms with Gasteiger partial charge in [-0.25, -0.2) is 4.68 Å². The first-order chi connectivity index (χ1) is 9.97. The third kappa shape index (κ3) is 3.95. The third-order valence-electron chi connectivity index (χ3n) is 2.92. The van der Waals surface area contributed by atoms with Crippen molar-refractivity contribution in [1.82, 2.24) is 9.78 Å². The van der Waals surface area contributed by atoms with Gasteiger partial charge >= 0.3 is 0 Å². The molecule has 1 N–H and O–H groups in total. The molecular formula is C16H18ClN3O. The molecule has 0 aliphatic heterocycles. The molecule has 2 aromatic rings. The number of hydrogen-bond donors (Lipinski definition) is 1. The van der Waals surface area contributed by atoms with E-state index in [1.807, 2.05) is 45.0 Å². The average molecular weight is 304 g/mol. The summed E-state index contributed by atoms with van der Waals surface area (Å²) in [7, 11) is 0. The molecule has 0 spiro atoms. The molecule has 0 saturated carbocycles. The molecule has 0 bridgehead atoms. The monoisotopic (exact) mass is 303 g/mol. The molecular weight excluding hydrogens is 286 g/mol. The van der Waals surface area contributed by atoms with Crippen molar-refractivity contribution in [3.05, 3.63) is 52.7 Å². The van der Waals surface area contributed by atoms with Crippen LogP contribution >= 0.6 is 11.6 Å². The molecule has 0 aliphatic carbocycles. The fourth-order valence-electron chi connectivity index (χ4n) is 1.95. The molecule has 21 heavy (non-hydrogen) atoms. The van der Waals surface area contributed by atoms with Gasteiger partial charge in [0.1, 0.15) is 5.82 Å². The molecule has 0 aliphatic rings. The molecule has 0 unspecified atom stereocenters. The molecule has 5 heteroatoms. The second-order valence-corrected chi connectivity index (χ2v) is 5.46. The maximum Gasteiger partial charge on any atom is 0.249 e. The second kappa shape index (κ2) is 6.59. The van der Waals surface area contributed by atoms with Gasteiger partial charge in [0.05, 0.1) is 5.69 Å². The van der Waals surface area contributed by atoms with Crippen molar-refractivity contribution >= 4 is 29.4 Å². The number of hydrogen-bond acceptors (Lipinski definition) is 2. The molecule has 0 fully saturated rings. The first-order valence-electron chi connectivity index (χ1n) is 6.77. The third-order valence-corrected chi connectivity index (χ3v) is 3.26. The highest BCUT2D eigenvalue weighted by atomic mass is 35.5. The van der Waals surface area contributed by atoms with Crippen molar-refractivity contribution in [3.63, 3.8) is 0 Å². The highest BCUT2D eigenvalue weighted by Crippen LogP contribution is 2.18. The Morgan fingerprint density at radius 3 is 2.76 bits per heavy atom. The summed E-state index contributed by atoms with van der Waals surface area (Å²) < 4.78 is 1.79. The number of rotatable bonds is 4. The predicted molar refractivity (Wildman–Crippen MR) is 86.5 cm³/mol. The Morgan fingerprint density at radius 2 is 2.10 bits per heavy atom. The normalized spacial score (nSPS) is 11.3. The van der Waals surface area contributed by atoms with Gasteiger partial charge in [0.15, 0.2) is 0 Å². The number of carbonyl (C=O) groups is 1. The molecule has 2 rings (SSSR count). The van der Waals surface area contributed by atoms with Crippen molar-refractivity contribution in [1.29, 1.82) is 0 Å². The van der Waals surface area contributed by atoms with Gasteiger partial charge < -0.3 is 5.32 Å². The predicted octanol–water partition coefficient (Wildman–Crippen LogP) is 4.08. The van der Waals surface area contributed by atoms with Crippen LogP contribution in [0.1, 0.15) is 31.1 Å². The van der Waals surface area contributed by atoms with E-state index in [1.165, 1.54) is 6.08 Å². The van der Waals surface area contributed by atoms with Gasteiger partial charge in [0.25, 0.3) is 0 Å². The van der Waals surface area contributed by atoms with Crippen molar-refractivity contribution in [2.45, 2.75) is 26.8 Å². The summed E-state index contributed by atoms with van der Waals surface area (Å²) in [5, 5.41) is 7.80. The minimum atomic E-state index is -0.211. The summed E-state index contributed by atoms with van der Waals surface area (Å²) >= 11 is 6.04. The van der Waals surface area contributed by atoms with Crippen LogP contribution in [0.15, 0.2) is 36.4 Å². The van der Waals surface area contributed by atoms with Crippen LogP contribution in [0, 0.1) is 6.92 Å². The van der Waals surface area contributed by atoms with Crippen LogP contribution in [0.2, 0.25) is 5.02 Å². The summed E-state index contributed by atoms with van der Waals surface area (Å²) in [6.07, 6.45) is 3.16. The van der Waals surface area contributed by atoms with E-state index in [0.29, 0.717) is 10.8 Å². The Morgan fingerprint density at radius 1 is 1.38 bits per heavy atom. The van der Waals surface area contributed by atoms with E-state index < -0.39 is 0 Å². The molecule has 1 amide bonds. The molecule has 1 heterocycles. The van der Waals surface area contributed by atoms with Gasteiger partial charge in [-0.05, 0) is 38.5 Å². The highest BCUT2D eigenvalue weighted by Gasteiger charge is 2.10. The summed E-state index contributed by atoms with van der Waals surface area (Å²) in [6.45, 7) is 5.93. The molecule has 1 aromatic carbocycles. The second-order valence-electron chi connectivity index (χ2n) is 5.05. The molecule has 110 valence electrons. The number of halogens is 1. The molecule has 0 saturated heterocycles. The zero-order valence-electron chi connectivity index (χ0n) is 12.3. The zero-order chi connectivity index (χ0) is 15.4. The van der Waals surface area contributed by atoms with E-state index in [2.05, 4.69) is 10.4 Å². The Kier molecular flexibility index (Phi) is 4.81. The number of carbonyl (C=O) groups excluding carboxylic acids is 1. The number of benzene rings is 1. The maximum atomic E-state index is 12.0. The first kappa shape index (κ1) is 15.3. The number of aryl methyl sites for hydroxylation is 1. The lowest BCUT2D eigenvalue weighted by Gasteiger charge is -2.10. The van der Waals surface area contributed by atoms with E-state index in [9.17, 15) is 4.79 Å². The highest BCUT2D eigenvalue weighted by molar-refractivity contribution is 6.32. The molecule has 0 atom stereocenters. The van der Waals surface area contributed by atoms with Crippen molar-refractivity contribution in [2.24, 2.45) is 0 Å². The van der Waals surface area contributed by atoms with Gasteiger partial charge in [-0.15, -0.1) is 0 Å². The summed E-state index contributed by atoms with van der Waals surface area (Å²) in [4.78, 5) is 12.0. The number of amides is 1. The van der Waals surface area contributed by atoms with Crippen LogP contribution in [-0.2, 0) is 4.79 Å². The van der Waals surface area contributed by atoms with Crippen molar-refractivity contribution in [3.8, 4) is 0 Å². The lowest BCUT2D eigenvalue weighted by Crippen LogP contribution is -2.14. The minimum absolute atomic E-state index is 0.182. The maximum absolute atomic E-state index is 12.0. The van der Waals surface area contributed by atoms with Crippen LogP contribution in [0.4, 0.5) is 5.82 Å². The fraction of sp³-hybridized carbons (Fsp3) is 0.250. The van der Waals surface area contributed by atoms with E-state index in [-0.39, 0.29) is 11.9 Å². The van der Waals surface area contributed by atoms with Crippen LogP contribution < -0.4 is 5.32 Å². The van der Waals surface area contributed by atoms with Gasteiger partial charge in [-0.1, -0.05) is 29.8 Å². The van der Waals surface area contributed by atoms with E-state index in [1.54, 1.807) is 16.8 Å². The SMILES string of the molecule is Cc1cc(NC(=O)C=Cc2ccccc2Cl)n(C(C)C)n1. The van der Waals surface area contributed by atoms with Gasteiger partial charge in [0, 0.05) is 23.2 Å². The molecule has 1 aromatic heterocycles. The first-order valence-corrected chi connectivity index (χ1v) is 7.15. The Labute approximate surface area is 129 Å². The smallest absolute Gasteiger partial charge is 0.249 e. The Hall–Kier alpha value is -2.07. The average Bonchev–Trinajstić information content (AvgIpc) is 2.79. The number of anilines is 1. The van der Waals surface area contributed by atoms with Crippen LogP contribution in [0.25, 0.3) is 6.08 Å². The van der Waals surface area contributed by atoms with Gasteiger partial charge in [-0.2, -0.15) is 5.10 Å². The van der Waals surface area contributed by atoms with Gasteiger partial charge in [-0.3, -0.25) is 4.79 Å². The lowest BCUT2D eigenvalue weighted by atomic mass is 10.2. The summed E-state index contributed by atoms with van der Waals surface area (Å²) in [5.74, 6) is 0.480. The van der Waals surface area contributed by atoms with Crippen LogP contribution in [0.3, 0.4) is 0 Å². The number of nitrogens with zero attached hydrogens (tertiary/aromatic N) is 2. The lowest BCUT2D eigenvalue weighted by molar-refractivity contribution is -0.111. The summed E-state index contributed by atoms with van der Waals surface area (Å²) in [5.41, 5.74) is 1.68. The fourth-order valence-corrected chi connectivity index (χ4v) is 2.15. The summed E-state index contributed by atoms with van der Waals surface area (Å²) in [6, 6.07) is 9.40. The van der Waals surface area contributed by atoms with E-state index >= 15 is 0 Å². The van der Waals surface area contributed by atoms with Crippen molar-refractivity contribution < 1.29 is 4.79 Å². The molecule has 4 nitrogen and oxygen atoms in total. The quantitative estimate of drug-likeness (QED) is 0.865. The van der Waals surface area contributed by atoms with Crippen LogP contribution in [-0.4, -0.2) is 15.7 Å². The van der Waals surface area contributed by atoms with Crippen LogP contribution in [0.5, 0.6) is 0 Å². The minimum Gasteiger partial charge on any atom is -0.307 e. The number of nitrogens with one attached hydrogen (secondary N) is 1. The number of aromatic nitrogens is 2. The van der Waals surface area contributed by atoms with Gasteiger partial charge in [0.2, 0.25) is 5.91 Å². The van der Waals surface area contributed by atoms with E-state index in [4.69, 9.17) is 11.6 Å². The Balaban J connectivity index is 2.11.